The summed E-state index contributed by atoms with van der Waals surface area (Å²) in [6, 6.07) is 1.35. The molecule has 0 saturated carbocycles. The fraction of sp³-hybridized carbons (Fsp3) is 0.462. The molecule has 0 radical (unpaired) electrons. The molecule has 13 heteroatoms. The number of anilines is 1. The van der Waals surface area contributed by atoms with Crippen molar-refractivity contribution in [3.8, 4) is 5.75 Å². The van der Waals surface area contributed by atoms with Crippen LogP contribution in [0.1, 0.15) is 38.1 Å². The van der Waals surface area contributed by atoms with E-state index in [0.717, 1.165) is 4.90 Å². The third-order valence-electron chi connectivity index (χ3n) is 5.73. The number of rotatable bonds is 11. The first-order valence-electron chi connectivity index (χ1n) is 11.9. The van der Waals surface area contributed by atoms with E-state index in [1.807, 2.05) is 0 Å². The van der Waals surface area contributed by atoms with E-state index >= 15 is 0 Å². The Hall–Kier alpha value is -4.26. The second-order valence-corrected chi connectivity index (χ2v) is 9.78. The lowest BCUT2D eigenvalue weighted by Gasteiger charge is -2.29. The molecule has 0 bridgehead atoms. The highest BCUT2D eigenvalue weighted by atomic mass is 16.5. The van der Waals surface area contributed by atoms with Crippen LogP contribution < -0.4 is 15.4 Å². The number of esters is 1. The number of ether oxygens (including phenoxy) is 3. The van der Waals surface area contributed by atoms with Crippen LogP contribution in [0.3, 0.4) is 0 Å². The summed E-state index contributed by atoms with van der Waals surface area (Å²) in [5, 5.41) is 5.03. The van der Waals surface area contributed by atoms with E-state index in [-0.39, 0.29) is 36.1 Å². The van der Waals surface area contributed by atoms with Gasteiger partial charge in [0, 0.05) is 25.1 Å². The average Bonchev–Trinajstić information content (AvgIpc) is 3.08. The zero-order valence-electron chi connectivity index (χ0n) is 23.1. The summed E-state index contributed by atoms with van der Waals surface area (Å²) in [7, 11) is 3.87. The van der Waals surface area contributed by atoms with Gasteiger partial charge in [0.05, 0.1) is 24.9 Å². The number of imide groups is 1. The van der Waals surface area contributed by atoms with E-state index in [4.69, 9.17) is 14.2 Å². The molecule has 2 atom stereocenters. The molecule has 39 heavy (non-hydrogen) atoms. The second-order valence-electron chi connectivity index (χ2n) is 9.78. The summed E-state index contributed by atoms with van der Waals surface area (Å²) in [4.78, 5) is 78.3. The van der Waals surface area contributed by atoms with Gasteiger partial charge in [-0.15, -0.1) is 0 Å². The number of carbonyl (C=O) groups excluding carboxylic acids is 6. The van der Waals surface area contributed by atoms with Crippen molar-refractivity contribution in [2.24, 2.45) is 5.41 Å². The number of urea groups is 1. The Morgan fingerprint density at radius 1 is 1.13 bits per heavy atom. The second kappa shape index (κ2) is 12.5. The molecule has 13 nitrogen and oxygen atoms in total. The number of hydrogen-bond donors (Lipinski definition) is 2. The van der Waals surface area contributed by atoms with Crippen molar-refractivity contribution in [1.29, 1.82) is 0 Å². The molecule has 1 saturated heterocycles. The summed E-state index contributed by atoms with van der Waals surface area (Å²) < 4.78 is 15.5. The number of benzene rings is 1. The number of amides is 5. The van der Waals surface area contributed by atoms with Gasteiger partial charge in [0.1, 0.15) is 12.4 Å². The van der Waals surface area contributed by atoms with Gasteiger partial charge in [-0.1, -0.05) is 27.4 Å². The standard InChI is InChI=1S/C26H34N4O9/c1-14(2)20(32)27-11-12-39-24(35)15-9-10-17(37-7)16(13-15)28-21(33)18(19(31)26(3,4)5)30-22(34)23(38-8)29(6)25(30)36/h9-10,13,18,23H,1,11-12H2,2-8H3,(H,27,32)(H,28,33). The minimum absolute atomic E-state index is 0.00464. The van der Waals surface area contributed by atoms with E-state index in [1.54, 1.807) is 20.8 Å². The molecule has 2 unspecified atom stereocenters. The van der Waals surface area contributed by atoms with Crippen LogP contribution in [0.2, 0.25) is 0 Å². The molecular weight excluding hydrogens is 512 g/mol. The number of methoxy groups -OCH3 is 2. The molecule has 0 aliphatic carbocycles. The largest absolute Gasteiger partial charge is 0.495 e. The summed E-state index contributed by atoms with van der Waals surface area (Å²) in [6.45, 7) is 9.63. The molecule has 1 fully saturated rings. The molecular formula is C26H34N4O9. The monoisotopic (exact) mass is 546 g/mol. The molecule has 1 aromatic rings. The summed E-state index contributed by atoms with van der Waals surface area (Å²) in [5.74, 6) is -3.55. The maximum absolute atomic E-state index is 13.5. The van der Waals surface area contributed by atoms with Gasteiger partial charge in [-0.3, -0.25) is 24.1 Å². The Morgan fingerprint density at radius 3 is 2.28 bits per heavy atom. The molecule has 0 aromatic heterocycles. The van der Waals surface area contributed by atoms with Gasteiger partial charge in [0.25, 0.3) is 11.8 Å². The summed E-state index contributed by atoms with van der Waals surface area (Å²) >= 11 is 0. The van der Waals surface area contributed by atoms with Crippen LogP contribution in [0, 0.1) is 5.41 Å². The van der Waals surface area contributed by atoms with Crippen LogP contribution in [-0.2, 0) is 28.7 Å². The predicted molar refractivity (Wildman–Crippen MR) is 139 cm³/mol. The van der Waals surface area contributed by atoms with Gasteiger partial charge in [-0.25, -0.2) is 14.5 Å². The van der Waals surface area contributed by atoms with Gasteiger partial charge in [0.2, 0.25) is 12.1 Å². The quantitative estimate of drug-likeness (QED) is 0.137. The topological polar surface area (TPSA) is 161 Å². The molecule has 1 heterocycles. The lowest BCUT2D eigenvalue weighted by Crippen LogP contribution is -2.55. The third-order valence-corrected chi connectivity index (χ3v) is 5.73. The zero-order chi connectivity index (χ0) is 29.7. The highest BCUT2D eigenvalue weighted by molar-refractivity contribution is 6.19. The number of ketones is 1. The van der Waals surface area contributed by atoms with E-state index in [2.05, 4.69) is 17.2 Å². The molecule has 212 valence electrons. The highest BCUT2D eigenvalue weighted by Gasteiger charge is 2.52. The van der Waals surface area contributed by atoms with Gasteiger partial charge >= 0.3 is 12.0 Å². The van der Waals surface area contributed by atoms with Gasteiger partial charge in [0.15, 0.2) is 11.8 Å². The molecule has 1 aliphatic rings. The fourth-order valence-corrected chi connectivity index (χ4v) is 3.59. The van der Waals surface area contributed by atoms with Crippen molar-refractivity contribution in [2.45, 2.75) is 40.0 Å². The number of carbonyl (C=O) groups is 6. The maximum Gasteiger partial charge on any atom is 0.338 e. The van der Waals surface area contributed by atoms with Crippen LogP contribution in [0.15, 0.2) is 30.4 Å². The van der Waals surface area contributed by atoms with Crippen molar-refractivity contribution in [1.82, 2.24) is 15.1 Å². The first-order valence-corrected chi connectivity index (χ1v) is 11.9. The average molecular weight is 547 g/mol. The SMILES string of the molecule is C=C(C)C(=O)NCCOC(=O)c1ccc(OC)c(NC(=O)C(C(=O)C(C)(C)C)N2C(=O)C(OC)N(C)C2=O)c1. The van der Waals surface area contributed by atoms with E-state index in [9.17, 15) is 28.8 Å². The first kappa shape index (κ1) is 31.0. The van der Waals surface area contributed by atoms with Gasteiger partial charge in [-0.05, 0) is 25.1 Å². The van der Waals surface area contributed by atoms with Crippen LogP contribution in [0.5, 0.6) is 5.75 Å². The van der Waals surface area contributed by atoms with Crippen LogP contribution in [0.4, 0.5) is 10.5 Å². The Kier molecular flexibility index (Phi) is 9.94. The molecule has 1 aliphatic heterocycles. The van der Waals surface area contributed by atoms with Crippen molar-refractivity contribution in [2.75, 3.05) is 39.7 Å². The lowest BCUT2D eigenvalue weighted by molar-refractivity contribution is -0.148. The zero-order valence-corrected chi connectivity index (χ0v) is 23.1. The Labute approximate surface area is 226 Å². The minimum atomic E-state index is -1.83. The van der Waals surface area contributed by atoms with Crippen molar-refractivity contribution >= 4 is 41.2 Å². The van der Waals surface area contributed by atoms with Crippen molar-refractivity contribution in [3.63, 3.8) is 0 Å². The Bertz CT molecular complexity index is 1190. The number of nitrogens with one attached hydrogen (secondary N) is 2. The summed E-state index contributed by atoms with van der Waals surface area (Å²) in [5.41, 5.74) is -0.776. The van der Waals surface area contributed by atoms with E-state index in [1.165, 1.54) is 46.4 Å². The van der Waals surface area contributed by atoms with Gasteiger partial charge < -0.3 is 24.8 Å². The smallest absolute Gasteiger partial charge is 0.338 e. The number of Topliss-reactive ketones (excluding diaryl/α,β-unsaturated/α-hetero) is 1. The molecule has 0 spiro atoms. The van der Waals surface area contributed by atoms with Crippen LogP contribution in [-0.4, -0.2) is 92.0 Å². The third kappa shape index (κ3) is 6.99. The van der Waals surface area contributed by atoms with E-state index < -0.39 is 47.3 Å². The normalized spacial score (nSPS) is 16.0. The van der Waals surface area contributed by atoms with Gasteiger partial charge in [-0.2, -0.15) is 0 Å². The highest BCUT2D eigenvalue weighted by Crippen LogP contribution is 2.29. The molecule has 5 amide bonds. The first-order chi connectivity index (χ1) is 18.1. The molecule has 1 aromatic carbocycles. The fourth-order valence-electron chi connectivity index (χ4n) is 3.59. The Morgan fingerprint density at radius 2 is 1.77 bits per heavy atom. The molecule has 2 rings (SSSR count). The van der Waals surface area contributed by atoms with Crippen molar-refractivity contribution < 1.29 is 43.0 Å². The number of likely N-dealkylation sites (N-methyl/N-ethyl adjacent to an activating group) is 1. The molecule has 2 N–H and O–H groups in total. The number of nitrogens with zero attached hydrogens (tertiary/aromatic N) is 2. The van der Waals surface area contributed by atoms with Crippen molar-refractivity contribution in [3.05, 3.63) is 35.9 Å². The Balaban J connectivity index is 2.33. The van der Waals surface area contributed by atoms with E-state index in [0.29, 0.717) is 10.5 Å². The summed E-state index contributed by atoms with van der Waals surface area (Å²) in [6.07, 6.45) is -1.30. The predicted octanol–water partition coefficient (Wildman–Crippen LogP) is 1.33. The maximum atomic E-state index is 13.5. The number of hydrogen-bond acceptors (Lipinski definition) is 9. The van der Waals surface area contributed by atoms with Crippen LogP contribution >= 0.6 is 0 Å². The minimum Gasteiger partial charge on any atom is -0.495 e. The van der Waals surface area contributed by atoms with Crippen LogP contribution in [0.25, 0.3) is 0 Å². The lowest BCUT2D eigenvalue weighted by atomic mass is 9.85.